The number of rotatable bonds is 2. The average molecular weight is 345 g/mol. The van der Waals surface area contributed by atoms with E-state index < -0.39 is 0 Å². The Labute approximate surface area is 130 Å². The molecule has 0 saturated heterocycles. The number of hydrogen-bond donors (Lipinski definition) is 1. The van der Waals surface area contributed by atoms with Gasteiger partial charge in [0.1, 0.15) is 5.01 Å². The molecule has 0 aliphatic carbocycles. The van der Waals surface area contributed by atoms with Crippen LogP contribution in [0.15, 0.2) is 52.3 Å². The van der Waals surface area contributed by atoms with Crippen molar-refractivity contribution in [1.29, 1.82) is 0 Å². The number of aryl methyl sites for hydroxylation is 1. The number of thiazole rings is 1. The van der Waals surface area contributed by atoms with E-state index in [4.69, 9.17) is 10.7 Å². The van der Waals surface area contributed by atoms with Crippen molar-refractivity contribution in [2.45, 2.75) is 6.92 Å². The smallest absolute Gasteiger partial charge is 0.124 e. The van der Waals surface area contributed by atoms with Crippen LogP contribution in [-0.4, -0.2) is 4.98 Å². The fourth-order valence-electron chi connectivity index (χ4n) is 1.99. The van der Waals surface area contributed by atoms with Crippen LogP contribution in [0.1, 0.15) is 5.56 Å². The summed E-state index contributed by atoms with van der Waals surface area (Å²) in [5.74, 6) is 0. The third-order valence-corrected chi connectivity index (χ3v) is 4.91. The Morgan fingerprint density at radius 3 is 2.70 bits per heavy atom. The van der Waals surface area contributed by atoms with Crippen LogP contribution in [0.25, 0.3) is 21.8 Å². The fourth-order valence-corrected chi connectivity index (χ4v) is 3.18. The minimum absolute atomic E-state index is 0.759. The molecule has 0 bridgehead atoms. The van der Waals surface area contributed by atoms with Gasteiger partial charge in [-0.25, -0.2) is 4.98 Å². The monoisotopic (exact) mass is 344 g/mol. The number of anilines is 1. The Kier molecular flexibility index (Phi) is 3.59. The lowest BCUT2D eigenvalue weighted by molar-refractivity contribution is 1.38. The van der Waals surface area contributed by atoms with Crippen LogP contribution in [0.3, 0.4) is 0 Å². The average Bonchev–Trinajstić information content (AvgIpc) is 2.92. The fraction of sp³-hybridized carbons (Fsp3) is 0.0625. The molecular formula is C16H13BrN2S. The SMILES string of the molecule is Cc1ccc(-c2nc(-c3ccccc3N)cs2)cc1Br. The van der Waals surface area contributed by atoms with Crippen molar-refractivity contribution >= 4 is 33.0 Å². The number of nitrogens with two attached hydrogens (primary N) is 1. The highest BCUT2D eigenvalue weighted by atomic mass is 79.9. The first-order valence-corrected chi connectivity index (χ1v) is 7.89. The molecule has 20 heavy (non-hydrogen) atoms. The third-order valence-electron chi connectivity index (χ3n) is 3.16. The van der Waals surface area contributed by atoms with Crippen molar-refractivity contribution in [3.63, 3.8) is 0 Å². The maximum atomic E-state index is 6.00. The van der Waals surface area contributed by atoms with Crippen molar-refractivity contribution in [2.75, 3.05) is 5.73 Å². The van der Waals surface area contributed by atoms with Gasteiger partial charge >= 0.3 is 0 Å². The Bertz CT molecular complexity index is 765. The lowest BCUT2D eigenvalue weighted by atomic mass is 10.1. The molecule has 1 aromatic heterocycles. The molecule has 0 saturated carbocycles. The molecule has 3 rings (SSSR count). The molecule has 3 aromatic rings. The lowest BCUT2D eigenvalue weighted by Crippen LogP contribution is -1.89. The van der Waals surface area contributed by atoms with Crippen LogP contribution in [0.2, 0.25) is 0 Å². The van der Waals surface area contributed by atoms with Gasteiger partial charge in [0.05, 0.1) is 5.69 Å². The summed E-state index contributed by atoms with van der Waals surface area (Å²) in [6.07, 6.45) is 0. The van der Waals surface area contributed by atoms with E-state index in [1.807, 2.05) is 24.3 Å². The molecule has 2 nitrogen and oxygen atoms in total. The van der Waals surface area contributed by atoms with Gasteiger partial charge in [0.2, 0.25) is 0 Å². The predicted molar refractivity (Wildman–Crippen MR) is 89.8 cm³/mol. The summed E-state index contributed by atoms with van der Waals surface area (Å²) in [7, 11) is 0. The second-order valence-electron chi connectivity index (χ2n) is 4.59. The number of hydrogen-bond acceptors (Lipinski definition) is 3. The van der Waals surface area contributed by atoms with E-state index in [0.29, 0.717) is 0 Å². The first-order chi connectivity index (χ1) is 9.65. The van der Waals surface area contributed by atoms with Crippen molar-refractivity contribution in [1.82, 2.24) is 4.98 Å². The molecule has 1 heterocycles. The van der Waals surface area contributed by atoms with Gasteiger partial charge in [0.25, 0.3) is 0 Å². The van der Waals surface area contributed by atoms with Crippen LogP contribution in [0, 0.1) is 6.92 Å². The number of nitrogens with zero attached hydrogens (tertiary/aromatic N) is 1. The summed E-state index contributed by atoms with van der Waals surface area (Å²) < 4.78 is 1.10. The van der Waals surface area contributed by atoms with Crippen molar-refractivity contribution in [2.24, 2.45) is 0 Å². The number of nitrogen functional groups attached to an aromatic ring is 1. The second-order valence-corrected chi connectivity index (χ2v) is 6.30. The van der Waals surface area contributed by atoms with E-state index in [1.54, 1.807) is 11.3 Å². The van der Waals surface area contributed by atoms with E-state index in [2.05, 4.69) is 46.4 Å². The summed E-state index contributed by atoms with van der Waals surface area (Å²) in [6.45, 7) is 2.08. The van der Waals surface area contributed by atoms with E-state index in [9.17, 15) is 0 Å². The Hall–Kier alpha value is -1.65. The van der Waals surface area contributed by atoms with Gasteiger partial charge in [-0.2, -0.15) is 0 Å². The summed E-state index contributed by atoms with van der Waals surface area (Å²) in [6, 6.07) is 14.1. The maximum absolute atomic E-state index is 6.00. The number of aromatic nitrogens is 1. The molecule has 4 heteroatoms. The molecule has 0 radical (unpaired) electrons. The molecule has 100 valence electrons. The zero-order valence-corrected chi connectivity index (χ0v) is 13.3. The van der Waals surface area contributed by atoms with Gasteiger partial charge in [0, 0.05) is 26.7 Å². The quantitative estimate of drug-likeness (QED) is 0.654. The Morgan fingerprint density at radius 2 is 1.95 bits per heavy atom. The summed E-state index contributed by atoms with van der Waals surface area (Å²) in [4.78, 5) is 4.70. The first kappa shape index (κ1) is 13.3. The zero-order valence-electron chi connectivity index (χ0n) is 10.9. The van der Waals surface area contributed by atoms with Gasteiger partial charge in [-0.05, 0) is 24.6 Å². The lowest BCUT2D eigenvalue weighted by Gasteiger charge is -2.02. The van der Waals surface area contributed by atoms with Crippen LogP contribution >= 0.6 is 27.3 Å². The minimum Gasteiger partial charge on any atom is -0.398 e. The topological polar surface area (TPSA) is 38.9 Å². The van der Waals surface area contributed by atoms with E-state index in [1.165, 1.54) is 5.56 Å². The van der Waals surface area contributed by atoms with Gasteiger partial charge in [-0.3, -0.25) is 0 Å². The van der Waals surface area contributed by atoms with Crippen LogP contribution in [0.4, 0.5) is 5.69 Å². The number of para-hydroxylation sites is 1. The Morgan fingerprint density at radius 1 is 1.15 bits per heavy atom. The van der Waals surface area contributed by atoms with Crippen LogP contribution in [-0.2, 0) is 0 Å². The summed E-state index contributed by atoms with van der Waals surface area (Å²) >= 11 is 5.20. The van der Waals surface area contributed by atoms with Crippen LogP contribution < -0.4 is 5.73 Å². The third kappa shape index (κ3) is 2.49. The highest BCUT2D eigenvalue weighted by Crippen LogP contribution is 2.33. The van der Waals surface area contributed by atoms with Crippen molar-refractivity contribution in [3.05, 3.63) is 57.9 Å². The zero-order chi connectivity index (χ0) is 14.1. The highest BCUT2D eigenvalue weighted by Gasteiger charge is 2.09. The molecule has 0 spiro atoms. The van der Waals surface area contributed by atoms with Crippen LogP contribution in [0.5, 0.6) is 0 Å². The largest absolute Gasteiger partial charge is 0.398 e. The standard InChI is InChI=1S/C16H13BrN2S/c1-10-6-7-11(8-13(10)17)16-19-15(9-20-16)12-4-2-3-5-14(12)18/h2-9H,18H2,1H3. The van der Waals surface area contributed by atoms with E-state index >= 15 is 0 Å². The van der Waals surface area contributed by atoms with Gasteiger partial charge in [-0.1, -0.05) is 46.3 Å². The molecule has 0 fully saturated rings. The molecule has 0 aliphatic heterocycles. The number of halogens is 1. The summed E-state index contributed by atoms with van der Waals surface area (Å²) in [5, 5.41) is 3.05. The molecule has 2 aromatic carbocycles. The number of benzene rings is 2. The second kappa shape index (κ2) is 5.38. The highest BCUT2D eigenvalue weighted by molar-refractivity contribution is 9.10. The maximum Gasteiger partial charge on any atom is 0.124 e. The van der Waals surface area contributed by atoms with Crippen molar-refractivity contribution in [3.8, 4) is 21.8 Å². The normalized spacial score (nSPS) is 10.7. The molecule has 0 unspecified atom stereocenters. The minimum atomic E-state index is 0.759. The van der Waals surface area contributed by atoms with Gasteiger partial charge in [0.15, 0.2) is 0 Å². The van der Waals surface area contributed by atoms with Gasteiger partial charge < -0.3 is 5.73 Å². The molecular weight excluding hydrogens is 332 g/mol. The van der Waals surface area contributed by atoms with Crippen molar-refractivity contribution < 1.29 is 0 Å². The molecule has 0 aliphatic rings. The summed E-state index contributed by atoms with van der Waals surface area (Å²) in [5.41, 5.74) is 11.0. The molecule has 0 atom stereocenters. The molecule has 2 N–H and O–H groups in total. The first-order valence-electron chi connectivity index (χ1n) is 6.22. The molecule has 0 amide bonds. The van der Waals surface area contributed by atoms with E-state index in [-0.39, 0.29) is 0 Å². The Balaban J connectivity index is 2.02. The van der Waals surface area contributed by atoms with Gasteiger partial charge in [-0.15, -0.1) is 11.3 Å². The predicted octanol–water partition coefficient (Wildman–Crippen LogP) is 5.13. The van der Waals surface area contributed by atoms with E-state index in [0.717, 1.165) is 32.0 Å².